The molecule has 0 radical (unpaired) electrons. The van der Waals surface area contributed by atoms with Crippen LogP contribution in [-0.2, 0) is 18.4 Å². The van der Waals surface area contributed by atoms with E-state index in [1.807, 2.05) is 43.8 Å². The maximum absolute atomic E-state index is 12.6. The zero-order valence-electron chi connectivity index (χ0n) is 14.8. The van der Waals surface area contributed by atoms with E-state index in [1.54, 1.807) is 6.20 Å². The molecule has 0 aliphatic carbocycles. The number of hydrogen-bond acceptors (Lipinski definition) is 4. The van der Waals surface area contributed by atoms with Crippen LogP contribution in [0, 0.1) is 25.7 Å². The molecule has 2 aromatic rings. The van der Waals surface area contributed by atoms with Gasteiger partial charge < -0.3 is 10.2 Å². The summed E-state index contributed by atoms with van der Waals surface area (Å²) in [5.41, 5.74) is 3.19. The van der Waals surface area contributed by atoms with Gasteiger partial charge in [0.25, 0.3) is 0 Å². The van der Waals surface area contributed by atoms with E-state index < -0.39 is 0 Å². The van der Waals surface area contributed by atoms with Crippen LogP contribution in [0.4, 0.5) is 5.82 Å². The van der Waals surface area contributed by atoms with Gasteiger partial charge in [-0.05, 0) is 31.9 Å². The smallest absolute Gasteiger partial charge is 0.225 e. The molecule has 0 aromatic carbocycles. The molecule has 1 amide bonds. The summed E-state index contributed by atoms with van der Waals surface area (Å²) in [5.74, 6) is 1.36. The average Bonchev–Trinajstić information content (AvgIpc) is 3.07. The molecule has 1 fully saturated rings. The molecule has 6 nitrogen and oxygen atoms in total. The molecule has 0 saturated carbocycles. The van der Waals surface area contributed by atoms with Crippen LogP contribution in [0.5, 0.6) is 0 Å². The number of nitrogens with zero attached hydrogens (tertiary/aromatic N) is 4. The maximum atomic E-state index is 12.6. The minimum absolute atomic E-state index is 0.00992. The van der Waals surface area contributed by atoms with Gasteiger partial charge in [0, 0.05) is 44.1 Å². The number of hydrogen-bond donors (Lipinski definition) is 1. The van der Waals surface area contributed by atoms with Crippen molar-refractivity contribution in [2.75, 3.05) is 18.0 Å². The van der Waals surface area contributed by atoms with Gasteiger partial charge in [0.05, 0.1) is 11.6 Å². The number of pyridine rings is 1. The summed E-state index contributed by atoms with van der Waals surface area (Å²) < 4.78 is 1.86. The molecule has 24 heavy (non-hydrogen) atoms. The first-order valence-corrected chi connectivity index (χ1v) is 8.40. The molecule has 1 aliphatic heterocycles. The van der Waals surface area contributed by atoms with E-state index in [2.05, 4.69) is 27.2 Å². The van der Waals surface area contributed by atoms with E-state index in [9.17, 15) is 4.79 Å². The molecule has 3 heterocycles. The standard InChI is InChI=1S/C18H25N5O/c1-12-10-23(17-7-5-6-8-19-17)11-16(12)18(24)20-9-15-13(2)21-22(4)14(15)3/h5-8,12,16H,9-11H2,1-4H3,(H,20,24)/t12-,16-/m1/s1. The van der Waals surface area contributed by atoms with Crippen molar-refractivity contribution in [1.82, 2.24) is 20.1 Å². The second kappa shape index (κ2) is 6.63. The van der Waals surface area contributed by atoms with E-state index in [4.69, 9.17) is 0 Å². The summed E-state index contributed by atoms with van der Waals surface area (Å²) in [7, 11) is 1.93. The molecule has 0 bridgehead atoms. The Hall–Kier alpha value is -2.37. The van der Waals surface area contributed by atoms with Crippen LogP contribution in [0.1, 0.15) is 23.9 Å². The normalized spacial score (nSPS) is 20.4. The van der Waals surface area contributed by atoms with Crippen molar-refractivity contribution in [3.8, 4) is 0 Å². The first kappa shape index (κ1) is 16.5. The fraction of sp³-hybridized carbons (Fsp3) is 0.500. The highest BCUT2D eigenvalue weighted by atomic mass is 16.1. The van der Waals surface area contributed by atoms with Crippen molar-refractivity contribution < 1.29 is 4.79 Å². The minimum Gasteiger partial charge on any atom is -0.356 e. The van der Waals surface area contributed by atoms with E-state index in [0.29, 0.717) is 12.5 Å². The molecule has 2 atom stereocenters. The van der Waals surface area contributed by atoms with Crippen LogP contribution in [0.3, 0.4) is 0 Å². The second-order valence-corrected chi connectivity index (χ2v) is 6.67. The van der Waals surface area contributed by atoms with Crippen LogP contribution in [0.2, 0.25) is 0 Å². The SMILES string of the molecule is Cc1nn(C)c(C)c1CNC(=O)[C@@H]1CN(c2ccccn2)C[C@H]1C. The van der Waals surface area contributed by atoms with Gasteiger partial charge in [-0.2, -0.15) is 5.10 Å². The highest BCUT2D eigenvalue weighted by Crippen LogP contribution is 2.27. The Morgan fingerprint density at radius 3 is 2.75 bits per heavy atom. The fourth-order valence-corrected chi connectivity index (χ4v) is 3.42. The Labute approximate surface area is 142 Å². The number of aromatic nitrogens is 3. The number of anilines is 1. The van der Waals surface area contributed by atoms with Crippen molar-refractivity contribution in [1.29, 1.82) is 0 Å². The lowest BCUT2D eigenvalue weighted by molar-refractivity contribution is -0.125. The maximum Gasteiger partial charge on any atom is 0.225 e. The first-order valence-electron chi connectivity index (χ1n) is 8.40. The lowest BCUT2D eigenvalue weighted by Gasteiger charge is -2.17. The summed E-state index contributed by atoms with van der Waals surface area (Å²) in [5, 5.41) is 7.50. The van der Waals surface area contributed by atoms with Crippen LogP contribution in [-0.4, -0.2) is 33.8 Å². The van der Waals surface area contributed by atoms with E-state index >= 15 is 0 Å². The first-order chi connectivity index (χ1) is 11.5. The Kier molecular flexibility index (Phi) is 4.55. The number of rotatable bonds is 4. The van der Waals surface area contributed by atoms with Crippen molar-refractivity contribution in [2.24, 2.45) is 18.9 Å². The molecule has 128 valence electrons. The van der Waals surface area contributed by atoms with Gasteiger partial charge in [-0.25, -0.2) is 4.98 Å². The van der Waals surface area contributed by atoms with Gasteiger partial charge >= 0.3 is 0 Å². The predicted octanol–water partition coefficient (Wildman–Crippen LogP) is 1.82. The molecule has 1 saturated heterocycles. The highest BCUT2D eigenvalue weighted by molar-refractivity contribution is 5.80. The zero-order valence-corrected chi connectivity index (χ0v) is 14.8. The topological polar surface area (TPSA) is 63.1 Å². The molecule has 0 unspecified atom stereocenters. The number of aryl methyl sites for hydroxylation is 2. The average molecular weight is 327 g/mol. The molecule has 3 rings (SSSR count). The summed E-state index contributed by atoms with van der Waals surface area (Å²) >= 11 is 0. The van der Waals surface area contributed by atoms with Gasteiger partial charge in [-0.1, -0.05) is 13.0 Å². The predicted molar refractivity (Wildman–Crippen MR) is 93.6 cm³/mol. The van der Waals surface area contributed by atoms with E-state index in [1.165, 1.54) is 0 Å². The zero-order chi connectivity index (χ0) is 17.3. The lowest BCUT2D eigenvalue weighted by Crippen LogP contribution is -2.34. The summed E-state index contributed by atoms with van der Waals surface area (Å²) in [6, 6.07) is 5.88. The van der Waals surface area contributed by atoms with Crippen LogP contribution < -0.4 is 10.2 Å². The Morgan fingerprint density at radius 2 is 2.12 bits per heavy atom. The van der Waals surface area contributed by atoms with E-state index in [-0.39, 0.29) is 11.8 Å². The van der Waals surface area contributed by atoms with Gasteiger partial charge in [0.15, 0.2) is 0 Å². The Bertz CT molecular complexity index is 725. The largest absolute Gasteiger partial charge is 0.356 e. The molecule has 6 heteroatoms. The quantitative estimate of drug-likeness (QED) is 0.930. The minimum atomic E-state index is -0.00992. The van der Waals surface area contributed by atoms with Crippen LogP contribution in [0.25, 0.3) is 0 Å². The highest BCUT2D eigenvalue weighted by Gasteiger charge is 2.35. The third-order valence-electron chi connectivity index (χ3n) is 5.02. The molecule has 2 aromatic heterocycles. The van der Waals surface area contributed by atoms with Crippen molar-refractivity contribution in [3.63, 3.8) is 0 Å². The third kappa shape index (κ3) is 3.13. The Morgan fingerprint density at radius 1 is 1.33 bits per heavy atom. The van der Waals surface area contributed by atoms with Crippen molar-refractivity contribution >= 4 is 11.7 Å². The number of carbonyl (C=O) groups excluding carboxylic acids is 1. The second-order valence-electron chi connectivity index (χ2n) is 6.67. The van der Waals surface area contributed by atoms with Gasteiger partial charge in [0.1, 0.15) is 5.82 Å². The Balaban J connectivity index is 1.63. The molecule has 1 N–H and O–H groups in total. The van der Waals surface area contributed by atoms with Crippen LogP contribution >= 0.6 is 0 Å². The molecule has 1 aliphatic rings. The van der Waals surface area contributed by atoms with Crippen molar-refractivity contribution in [2.45, 2.75) is 27.3 Å². The monoisotopic (exact) mass is 327 g/mol. The summed E-state index contributed by atoms with van der Waals surface area (Å²) in [6.07, 6.45) is 1.79. The van der Waals surface area contributed by atoms with E-state index in [0.717, 1.165) is 35.9 Å². The number of carbonyl (C=O) groups is 1. The van der Waals surface area contributed by atoms with Crippen LogP contribution in [0.15, 0.2) is 24.4 Å². The van der Waals surface area contributed by atoms with Crippen molar-refractivity contribution in [3.05, 3.63) is 41.3 Å². The number of amides is 1. The number of nitrogens with one attached hydrogen (secondary N) is 1. The lowest BCUT2D eigenvalue weighted by atomic mass is 9.97. The molecule has 0 spiro atoms. The summed E-state index contributed by atoms with van der Waals surface area (Å²) in [4.78, 5) is 19.2. The molecular formula is C18H25N5O. The molecular weight excluding hydrogens is 302 g/mol. The fourth-order valence-electron chi connectivity index (χ4n) is 3.42. The third-order valence-corrected chi connectivity index (χ3v) is 5.02. The van der Waals surface area contributed by atoms with Gasteiger partial charge in [-0.3, -0.25) is 9.48 Å². The van der Waals surface area contributed by atoms with Gasteiger partial charge in [0.2, 0.25) is 5.91 Å². The summed E-state index contributed by atoms with van der Waals surface area (Å²) in [6.45, 7) is 8.26. The van der Waals surface area contributed by atoms with Gasteiger partial charge in [-0.15, -0.1) is 0 Å².